The first kappa shape index (κ1) is 20.5. The summed E-state index contributed by atoms with van der Waals surface area (Å²) in [5, 5.41) is -0.697. The zero-order valence-electron chi connectivity index (χ0n) is 15.0. The quantitative estimate of drug-likeness (QED) is 0.697. The van der Waals surface area contributed by atoms with Crippen molar-refractivity contribution in [2.24, 2.45) is 0 Å². The van der Waals surface area contributed by atoms with Gasteiger partial charge in [-0.05, 0) is 37.8 Å². The number of nitrogens with one attached hydrogen (secondary N) is 1. The predicted octanol–water partition coefficient (Wildman–Crippen LogP) is 3.31. The van der Waals surface area contributed by atoms with Gasteiger partial charge in [-0.2, -0.15) is 0 Å². The minimum Gasteiger partial charge on any atom is -0.465 e. The molecule has 1 N–H and O–H groups in total. The summed E-state index contributed by atoms with van der Waals surface area (Å²) in [5.41, 5.74) is 1.67. The number of sulfonamides is 1. The molecule has 7 heteroatoms. The van der Waals surface area contributed by atoms with E-state index < -0.39 is 27.3 Å². The lowest BCUT2D eigenvalue weighted by Gasteiger charge is -2.25. The van der Waals surface area contributed by atoms with Gasteiger partial charge in [0.15, 0.2) is 0 Å². The fourth-order valence-electron chi connectivity index (χ4n) is 2.51. The van der Waals surface area contributed by atoms with Crippen molar-refractivity contribution in [3.05, 3.63) is 65.7 Å². The lowest BCUT2D eigenvalue weighted by Crippen LogP contribution is -2.39. The highest BCUT2D eigenvalue weighted by molar-refractivity contribution is 8.00. The van der Waals surface area contributed by atoms with Crippen LogP contribution in [0.1, 0.15) is 24.1 Å². The molecule has 2 aromatic carbocycles. The van der Waals surface area contributed by atoms with Crippen LogP contribution in [0.15, 0.2) is 59.5 Å². The van der Waals surface area contributed by atoms with E-state index in [9.17, 15) is 13.2 Å². The second-order valence-corrected chi connectivity index (χ2v) is 8.42. The number of hydrogen-bond acceptors (Lipinski definition) is 5. The molecule has 0 spiro atoms. The Morgan fingerprint density at radius 2 is 1.73 bits per heavy atom. The predicted molar refractivity (Wildman–Crippen MR) is 105 cm³/mol. The number of carbonyl (C=O) groups is 1. The number of thioether (sulfide) groups is 1. The number of carbonyl (C=O) groups excluding carboxylic acids is 1. The van der Waals surface area contributed by atoms with Crippen molar-refractivity contribution in [3.63, 3.8) is 0 Å². The van der Waals surface area contributed by atoms with Gasteiger partial charge in [0.2, 0.25) is 10.0 Å². The molecule has 2 atom stereocenters. The van der Waals surface area contributed by atoms with Crippen LogP contribution in [-0.2, 0) is 19.6 Å². The smallest absolute Gasteiger partial charge is 0.321 e. The first-order valence-corrected chi connectivity index (χ1v) is 11.0. The van der Waals surface area contributed by atoms with Crippen LogP contribution in [-0.4, -0.2) is 32.5 Å². The third-order valence-corrected chi connectivity index (χ3v) is 6.28. The van der Waals surface area contributed by atoms with Crippen molar-refractivity contribution in [1.29, 1.82) is 0 Å². The Bertz CT molecular complexity index is 820. The second-order valence-electron chi connectivity index (χ2n) is 5.73. The summed E-state index contributed by atoms with van der Waals surface area (Å²) < 4.78 is 33.5. The van der Waals surface area contributed by atoms with Crippen LogP contribution in [0.5, 0.6) is 0 Å². The van der Waals surface area contributed by atoms with Gasteiger partial charge in [-0.25, -0.2) is 13.1 Å². The van der Waals surface area contributed by atoms with Crippen LogP contribution < -0.4 is 4.72 Å². The van der Waals surface area contributed by atoms with E-state index in [2.05, 4.69) is 4.72 Å². The summed E-state index contributed by atoms with van der Waals surface area (Å²) in [5.74, 6) is -0.444. The third-order valence-electron chi connectivity index (χ3n) is 3.85. The van der Waals surface area contributed by atoms with E-state index in [0.717, 1.165) is 5.56 Å². The Balaban J connectivity index is 2.40. The summed E-state index contributed by atoms with van der Waals surface area (Å²) in [6, 6.07) is 14.9. The average molecular weight is 394 g/mol. The maximum Gasteiger partial charge on any atom is 0.321 e. The van der Waals surface area contributed by atoms with E-state index in [1.165, 1.54) is 11.8 Å². The summed E-state index contributed by atoms with van der Waals surface area (Å²) in [7, 11) is -3.80. The van der Waals surface area contributed by atoms with Gasteiger partial charge in [-0.3, -0.25) is 4.79 Å². The van der Waals surface area contributed by atoms with E-state index in [-0.39, 0.29) is 11.5 Å². The van der Waals surface area contributed by atoms with Crippen LogP contribution in [0.2, 0.25) is 0 Å². The molecule has 0 radical (unpaired) electrons. The number of aryl methyl sites for hydroxylation is 1. The molecule has 0 saturated carbocycles. The Morgan fingerprint density at radius 1 is 1.12 bits per heavy atom. The van der Waals surface area contributed by atoms with Crippen molar-refractivity contribution >= 4 is 27.8 Å². The second kappa shape index (κ2) is 9.21. The number of esters is 1. The summed E-state index contributed by atoms with van der Waals surface area (Å²) in [6.45, 7) is 3.85. The lowest BCUT2D eigenvalue weighted by atomic mass is 10.0. The number of benzene rings is 2. The Morgan fingerprint density at radius 3 is 2.27 bits per heavy atom. The van der Waals surface area contributed by atoms with Gasteiger partial charge in [0.1, 0.15) is 5.25 Å². The molecule has 2 aromatic rings. The molecule has 2 unspecified atom stereocenters. The summed E-state index contributed by atoms with van der Waals surface area (Å²) in [4.78, 5) is 12.5. The topological polar surface area (TPSA) is 72.5 Å². The highest BCUT2D eigenvalue weighted by atomic mass is 32.2. The molecule has 0 aliphatic rings. The molecule has 0 bridgehead atoms. The van der Waals surface area contributed by atoms with Crippen LogP contribution in [0.25, 0.3) is 0 Å². The van der Waals surface area contributed by atoms with E-state index in [0.29, 0.717) is 5.56 Å². The van der Waals surface area contributed by atoms with E-state index in [4.69, 9.17) is 4.74 Å². The van der Waals surface area contributed by atoms with Gasteiger partial charge < -0.3 is 4.74 Å². The minimum atomic E-state index is -3.80. The highest BCUT2D eigenvalue weighted by Gasteiger charge is 2.33. The van der Waals surface area contributed by atoms with E-state index in [1.807, 2.05) is 25.1 Å². The van der Waals surface area contributed by atoms with Crippen molar-refractivity contribution in [3.8, 4) is 0 Å². The molecule has 0 fully saturated rings. The van der Waals surface area contributed by atoms with Crippen LogP contribution in [0.4, 0.5) is 0 Å². The molecule has 5 nitrogen and oxygen atoms in total. The maximum absolute atomic E-state index is 12.9. The fourth-order valence-corrected chi connectivity index (χ4v) is 4.59. The van der Waals surface area contributed by atoms with Gasteiger partial charge in [0.05, 0.1) is 17.5 Å². The third kappa shape index (κ3) is 5.09. The summed E-state index contributed by atoms with van der Waals surface area (Å²) in [6.07, 6.45) is 1.76. The van der Waals surface area contributed by atoms with Crippen molar-refractivity contribution in [1.82, 2.24) is 4.72 Å². The first-order chi connectivity index (χ1) is 12.4. The molecule has 0 aliphatic heterocycles. The van der Waals surface area contributed by atoms with Crippen molar-refractivity contribution in [2.75, 3.05) is 12.9 Å². The largest absolute Gasteiger partial charge is 0.465 e. The highest BCUT2D eigenvalue weighted by Crippen LogP contribution is 2.28. The van der Waals surface area contributed by atoms with Crippen LogP contribution in [0, 0.1) is 6.92 Å². The van der Waals surface area contributed by atoms with Gasteiger partial charge in [0, 0.05) is 0 Å². The number of ether oxygens (including phenoxy) is 1. The minimum absolute atomic E-state index is 0.160. The average Bonchev–Trinajstić information content (AvgIpc) is 2.63. The fraction of sp³-hybridized carbons (Fsp3) is 0.316. The molecule has 0 saturated heterocycles. The first-order valence-electron chi connectivity index (χ1n) is 8.22. The van der Waals surface area contributed by atoms with Gasteiger partial charge in [-0.1, -0.05) is 48.0 Å². The van der Waals surface area contributed by atoms with Gasteiger partial charge in [0.25, 0.3) is 0 Å². The normalized spacial score (nSPS) is 13.8. The standard InChI is InChI=1S/C19H23NO4S2/c1-4-24-19(21)18(25-3)17(15-8-6-5-7-9-15)20-26(22,23)16-12-10-14(2)11-13-16/h5-13,17-18,20H,4H2,1-3H3. The van der Waals surface area contributed by atoms with Crippen molar-refractivity contribution < 1.29 is 17.9 Å². The molecule has 0 amide bonds. The molecule has 140 valence electrons. The van der Waals surface area contributed by atoms with Crippen molar-refractivity contribution in [2.45, 2.75) is 30.0 Å². The van der Waals surface area contributed by atoms with Gasteiger partial charge in [-0.15, -0.1) is 11.8 Å². The van der Waals surface area contributed by atoms with Crippen LogP contribution >= 0.6 is 11.8 Å². The zero-order chi connectivity index (χ0) is 19.2. The van der Waals surface area contributed by atoms with Gasteiger partial charge >= 0.3 is 5.97 Å². The SMILES string of the molecule is CCOC(=O)C(SC)C(NS(=O)(=O)c1ccc(C)cc1)c1ccccc1. The lowest BCUT2D eigenvalue weighted by molar-refractivity contribution is -0.142. The molecular weight excluding hydrogens is 370 g/mol. The monoisotopic (exact) mass is 393 g/mol. The molecule has 26 heavy (non-hydrogen) atoms. The molecular formula is C19H23NO4S2. The maximum atomic E-state index is 12.9. The number of rotatable bonds is 8. The van der Waals surface area contributed by atoms with E-state index >= 15 is 0 Å². The summed E-state index contributed by atoms with van der Waals surface area (Å²) >= 11 is 1.26. The molecule has 2 rings (SSSR count). The number of hydrogen-bond donors (Lipinski definition) is 1. The van der Waals surface area contributed by atoms with E-state index in [1.54, 1.807) is 49.6 Å². The van der Waals surface area contributed by atoms with Crippen LogP contribution in [0.3, 0.4) is 0 Å². The Labute approximate surface area is 159 Å². The molecule has 0 aromatic heterocycles. The Hall–Kier alpha value is -1.83. The Kier molecular flexibility index (Phi) is 7.25. The molecule has 0 aliphatic carbocycles. The molecule has 0 heterocycles. The zero-order valence-corrected chi connectivity index (χ0v) is 16.6.